The van der Waals surface area contributed by atoms with Crippen LogP contribution in [0.3, 0.4) is 0 Å². The normalized spacial score (nSPS) is 10.2. The van der Waals surface area contributed by atoms with Crippen molar-refractivity contribution in [1.29, 1.82) is 0 Å². The summed E-state index contributed by atoms with van der Waals surface area (Å²) in [6.07, 6.45) is 3.22. The summed E-state index contributed by atoms with van der Waals surface area (Å²) in [5.41, 5.74) is 0.0437. The highest BCUT2D eigenvalue weighted by Crippen LogP contribution is 2.17. The van der Waals surface area contributed by atoms with Gasteiger partial charge < -0.3 is 9.72 Å². The molecule has 0 aliphatic carbocycles. The van der Waals surface area contributed by atoms with Gasteiger partial charge in [0.15, 0.2) is 5.78 Å². The van der Waals surface area contributed by atoms with E-state index in [1.807, 2.05) is 0 Å². The number of ketones is 1. The van der Waals surface area contributed by atoms with Crippen molar-refractivity contribution in [2.45, 2.75) is 6.42 Å². The van der Waals surface area contributed by atoms with Crippen molar-refractivity contribution in [2.24, 2.45) is 0 Å². The number of H-pyrrole nitrogens is 1. The average Bonchev–Trinajstić information content (AvgIpc) is 2.81. The van der Waals surface area contributed by atoms with Crippen molar-refractivity contribution < 1.29 is 13.9 Å². The molecule has 1 aromatic heterocycles. The molecule has 0 bridgehead atoms. The number of imidazole rings is 1. The zero-order chi connectivity index (χ0) is 12.3. The number of hydrogen-bond acceptors (Lipinski definition) is 3. The fraction of sp³-hybridized carbons (Fsp3) is 0.167. The van der Waals surface area contributed by atoms with Crippen LogP contribution >= 0.6 is 0 Å². The van der Waals surface area contributed by atoms with E-state index in [2.05, 4.69) is 9.97 Å². The minimum absolute atomic E-state index is 0.0437. The maximum Gasteiger partial charge on any atom is 0.173 e. The SMILES string of the molecule is COc1ccc(C(=O)Cc2ncc[nH]2)c(F)c1. The number of rotatable bonds is 4. The Bertz CT molecular complexity index is 523. The van der Waals surface area contributed by atoms with E-state index >= 15 is 0 Å². The highest BCUT2D eigenvalue weighted by molar-refractivity contribution is 5.97. The average molecular weight is 234 g/mol. The predicted molar refractivity (Wildman–Crippen MR) is 59.6 cm³/mol. The number of aromatic nitrogens is 2. The van der Waals surface area contributed by atoms with Crippen molar-refractivity contribution in [2.75, 3.05) is 7.11 Å². The van der Waals surface area contributed by atoms with Gasteiger partial charge in [0.1, 0.15) is 17.4 Å². The molecule has 5 heteroatoms. The Kier molecular flexibility index (Phi) is 3.18. The number of methoxy groups -OCH3 is 1. The van der Waals surface area contributed by atoms with Crippen LogP contribution < -0.4 is 4.74 Å². The molecule has 0 saturated heterocycles. The lowest BCUT2D eigenvalue weighted by atomic mass is 10.1. The molecule has 0 radical (unpaired) electrons. The summed E-state index contributed by atoms with van der Waals surface area (Å²) in [4.78, 5) is 18.5. The van der Waals surface area contributed by atoms with Crippen molar-refractivity contribution in [3.63, 3.8) is 0 Å². The molecular weight excluding hydrogens is 223 g/mol. The van der Waals surface area contributed by atoms with Crippen molar-refractivity contribution in [3.05, 3.63) is 47.8 Å². The van der Waals surface area contributed by atoms with Crippen LogP contribution in [-0.4, -0.2) is 22.9 Å². The second-order valence-electron chi connectivity index (χ2n) is 3.48. The number of hydrogen-bond donors (Lipinski definition) is 1. The second kappa shape index (κ2) is 4.78. The van der Waals surface area contributed by atoms with Gasteiger partial charge in [-0.2, -0.15) is 0 Å². The lowest BCUT2D eigenvalue weighted by Gasteiger charge is -2.04. The Morgan fingerprint density at radius 3 is 2.94 bits per heavy atom. The van der Waals surface area contributed by atoms with Gasteiger partial charge in [0.05, 0.1) is 19.1 Å². The summed E-state index contributed by atoms with van der Waals surface area (Å²) in [6.45, 7) is 0. The van der Waals surface area contributed by atoms with Crippen LogP contribution in [0.4, 0.5) is 4.39 Å². The molecule has 0 atom stereocenters. The first-order chi connectivity index (χ1) is 8.20. The van der Waals surface area contributed by atoms with Crippen LogP contribution in [-0.2, 0) is 6.42 Å². The first-order valence-electron chi connectivity index (χ1n) is 5.05. The number of halogens is 1. The van der Waals surface area contributed by atoms with E-state index in [9.17, 15) is 9.18 Å². The largest absolute Gasteiger partial charge is 0.497 e. The van der Waals surface area contributed by atoms with Gasteiger partial charge in [0.25, 0.3) is 0 Å². The minimum Gasteiger partial charge on any atom is -0.497 e. The topological polar surface area (TPSA) is 55.0 Å². The van der Waals surface area contributed by atoms with Gasteiger partial charge in [-0.1, -0.05) is 0 Å². The zero-order valence-electron chi connectivity index (χ0n) is 9.24. The molecule has 1 aromatic carbocycles. The predicted octanol–water partition coefficient (Wildman–Crippen LogP) is 1.98. The van der Waals surface area contributed by atoms with Crippen molar-refractivity contribution >= 4 is 5.78 Å². The monoisotopic (exact) mass is 234 g/mol. The molecule has 0 spiro atoms. The quantitative estimate of drug-likeness (QED) is 0.823. The molecular formula is C12H11FN2O2. The van der Waals surface area contributed by atoms with E-state index in [1.54, 1.807) is 18.5 Å². The number of nitrogens with zero attached hydrogens (tertiary/aromatic N) is 1. The Hall–Kier alpha value is -2.17. The summed E-state index contributed by atoms with van der Waals surface area (Å²) in [7, 11) is 1.44. The molecule has 0 saturated carbocycles. The molecule has 0 aliphatic rings. The number of carbonyl (C=O) groups excluding carboxylic acids is 1. The smallest absolute Gasteiger partial charge is 0.173 e. The summed E-state index contributed by atoms with van der Waals surface area (Å²) < 4.78 is 18.5. The van der Waals surface area contributed by atoms with Crippen LogP contribution in [0, 0.1) is 5.82 Å². The summed E-state index contributed by atoms with van der Waals surface area (Å²) >= 11 is 0. The minimum atomic E-state index is -0.582. The number of aromatic amines is 1. The molecule has 0 fully saturated rings. The van der Waals surface area contributed by atoms with E-state index in [4.69, 9.17) is 4.74 Å². The molecule has 1 heterocycles. The highest BCUT2D eigenvalue weighted by atomic mass is 19.1. The first-order valence-corrected chi connectivity index (χ1v) is 5.05. The number of Topliss-reactive ketones (excluding diaryl/α,β-unsaturated/α-hetero) is 1. The number of benzene rings is 1. The van der Waals surface area contributed by atoms with Gasteiger partial charge >= 0.3 is 0 Å². The van der Waals surface area contributed by atoms with E-state index in [0.29, 0.717) is 11.6 Å². The molecule has 17 heavy (non-hydrogen) atoms. The van der Waals surface area contributed by atoms with Crippen molar-refractivity contribution in [1.82, 2.24) is 9.97 Å². The Morgan fingerprint density at radius 2 is 2.35 bits per heavy atom. The van der Waals surface area contributed by atoms with Gasteiger partial charge in [-0.05, 0) is 12.1 Å². The van der Waals surface area contributed by atoms with E-state index in [-0.39, 0.29) is 17.8 Å². The zero-order valence-corrected chi connectivity index (χ0v) is 9.24. The molecule has 2 rings (SSSR count). The van der Waals surface area contributed by atoms with Gasteiger partial charge in [-0.15, -0.1) is 0 Å². The molecule has 88 valence electrons. The molecule has 0 unspecified atom stereocenters. The lowest BCUT2D eigenvalue weighted by Crippen LogP contribution is -2.07. The van der Waals surface area contributed by atoms with Crippen LogP contribution in [0.15, 0.2) is 30.6 Å². The second-order valence-corrected chi connectivity index (χ2v) is 3.48. The Labute approximate surface area is 97.5 Å². The Balaban J connectivity index is 2.19. The van der Waals surface area contributed by atoms with Gasteiger partial charge in [0, 0.05) is 18.5 Å². The lowest BCUT2D eigenvalue weighted by molar-refractivity contribution is 0.0987. The van der Waals surface area contributed by atoms with E-state index in [0.717, 1.165) is 0 Å². The van der Waals surface area contributed by atoms with E-state index in [1.165, 1.54) is 19.2 Å². The number of ether oxygens (including phenoxy) is 1. The molecule has 0 aliphatic heterocycles. The maximum absolute atomic E-state index is 13.6. The fourth-order valence-electron chi connectivity index (χ4n) is 1.49. The third-order valence-electron chi connectivity index (χ3n) is 2.36. The van der Waals surface area contributed by atoms with Gasteiger partial charge in [-0.25, -0.2) is 9.37 Å². The van der Waals surface area contributed by atoms with Crippen molar-refractivity contribution in [3.8, 4) is 5.75 Å². The van der Waals surface area contributed by atoms with Gasteiger partial charge in [-0.3, -0.25) is 4.79 Å². The summed E-state index contributed by atoms with van der Waals surface area (Å²) in [5, 5.41) is 0. The summed E-state index contributed by atoms with van der Waals surface area (Å²) in [5.74, 6) is 0.00303. The number of nitrogens with one attached hydrogen (secondary N) is 1. The van der Waals surface area contributed by atoms with E-state index < -0.39 is 5.82 Å². The maximum atomic E-state index is 13.6. The third-order valence-corrected chi connectivity index (χ3v) is 2.36. The van der Waals surface area contributed by atoms with Crippen LogP contribution in [0.5, 0.6) is 5.75 Å². The molecule has 0 amide bonds. The molecule has 4 nitrogen and oxygen atoms in total. The summed E-state index contributed by atoms with van der Waals surface area (Å²) in [6, 6.07) is 4.16. The first kappa shape index (κ1) is 11.3. The van der Waals surface area contributed by atoms with Crippen LogP contribution in [0.2, 0.25) is 0 Å². The molecule has 1 N–H and O–H groups in total. The molecule has 2 aromatic rings. The van der Waals surface area contributed by atoms with Crippen LogP contribution in [0.1, 0.15) is 16.2 Å². The Morgan fingerprint density at radius 1 is 1.53 bits per heavy atom. The van der Waals surface area contributed by atoms with Gasteiger partial charge in [0.2, 0.25) is 0 Å². The fourth-order valence-corrected chi connectivity index (χ4v) is 1.49. The highest BCUT2D eigenvalue weighted by Gasteiger charge is 2.14. The standard InChI is InChI=1S/C12H11FN2O2/c1-17-8-2-3-9(10(13)6-8)11(16)7-12-14-4-5-15-12/h2-6H,7H2,1H3,(H,14,15). The number of carbonyl (C=O) groups is 1. The van der Waals surface area contributed by atoms with Crippen LogP contribution in [0.25, 0.3) is 0 Å². The third kappa shape index (κ3) is 2.50.